The summed E-state index contributed by atoms with van der Waals surface area (Å²) in [6.45, 7) is 6.04. The standard InChI is InChI=1S/C9H12NO.3CH3.Sn/c1-7(2)10-6-4-5-8(3)9(10)11;;;;/h5-7H,1-3H3;3*1H3;. The molecule has 0 atom stereocenters. The molecule has 1 heterocycles. The predicted molar refractivity (Wildman–Crippen MR) is 68.8 cm³/mol. The summed E-state index contributed by atoms with van der Waals surface area (Å²) in [4.78, 5) is 19.0. The Balaban J connectivity index is 3.43. The van der Waals surface area contributed by atoms with Crippen molar-refractivity contribution < 1.29 is 0 Å². The van der Waals surface area contributed by atoms with E-state index in [1.807, 2.05) is 11.5 Å². The van der Waals surface area contributed by atoms with Crippen LogP contribution in [0, 0.1) is 6.92 Å². The molecule has 0 fully saturated rings. The van der Waals surface area contributed by atoms with Crippen molar-refractivity contribution in [2.75, 3.05) is 0 Å². The van der Waals surface area contributed by atoms with E-state index in [1.165, 1.54) is 3.58 Å². The number of nitrogens with zero attached hydrogens (tertiary/aromatic N) is 1. The molecule has 0 spiro atoms. The van der Waals surface area contributed by atoms with Gasteiger partial charge in [-0.1, -0.05) is 0 Å². The van der Waals surface area contributed by atoms with Crippen molar-refractivity contribution in [1.29, 1.82) is 0 Å². The molecule has 84 valence electrons. The minimum absolute atomic E-state index is 0.157. The Bertz CT molecular complexity index is 413. The SMILES string of the molecule is Cc1c[c]([Sn]([CH3])([CH3])[CH3])cn(C(C)C)c1=O. The van der Waals surface area contributed by atoms with Crippen LogP contribution in [0.3, 0.4) is 0 Å². The van der Waals surface area contributed by atoms with E-state index < -0.39 is 18.4 Å². The Labute approximate surface area is 96.2 Å². The second-order valence-electron chi connectivity index (χ2n) is 5.47. The van der Waals surface area contributed by atoms with Gasteiger partial charge in [-0.2, -0.15) is 0 Å². The molecule has 1 aromatic heterocycles. The average molecular weight is 314 g/mol. The summed E-state index contributed by atoms with van der Waals surface area (Å²) in [5, 5.41) is 0. The van der Waals surface area contributed by atoms with Gasteiger partial charge >= 0.3 is 96.3 Å². The molecule has 0 N–H and O–H groups in total. The van der Waals surface area contributed by atoms with E-state index in [0.29, 0.717) is 0 Å². The number of rotatable bonds is 2. The van der Waals surface area contributed by atoms with Crippen LogP contribution >= 0.6 is 0 Å². The maximum absolute atomic E-state index is 11.9. The van der Waals surface area contributed by atoms with Crippen LogP contribution in [0.15, 0.2) is 17.1 Å². The molecule has 0 radical (unpaired) electrons. The monoisotopic (exact) mass is 315 g/mol. The Morgan fingerprint density at radius 1 is 1.27 bits per heavy atom. The fraction of sp³-hybridized carbons (Fsp3) is 0.583. The van der Waals surface area contributed by atoms with Crippen LogP contribution in [-0.4, -0.2) is 22.9 Å². The molecule has 0 saturated heterocycles. The fourth-order valence-corrected chi connectivity index (χ4v) is 4.89. The van der Waals surface area contributed by atoms with E-state index in [2.05, 4.69) is 40.9 Å². The summed E-state index contributed by atoms with van der Waals surface area (Å²) in [5.74, 6) is 0. The van der Waals surface area contributed by atoms with E-state index in [-0.39, 0.29) is 11.6 Å². The van der Waals surface area contributed by atoms with Gasteiger partial charge in [0.2, 0.25) is 0 Å². The zero-order valence-corrected chi connectivity index (χ0v) is 13.4. The van der Waals surface area contributed by atoms with Crippen LogP contribution in [0.1, 0.15) is 25.5 Å². The van der Waals surface area contributed by atoms with Gasteiger partial charge in [-0.05, 0) is 0 Å². The van der Waals surface area contributed by atoms with Crippen LogP contribution in [0.4, 0.5) is 0 Å². The van der Waals surface area contributed by atoms with Gasteiger partial charge in [0.1, 0.15) is 0 Å². The molecule has 0 unspecified atom stereocenters. The molecule has 0 aliphatic rings. The Hall–Kier alpha value is -0.251. The van der Waals surface area contributed by atoms with Crippen molar-refractivity contribution in [2.24, 2.45) is 0 Å². The van der Waals surface area contributed by atoms with Crippen LogP contribution in [0.2, 0.25) is 14.8 Å². The summed E-state index contributed by atoms with van der Waals surface area (Å²) in [6.07, 6.45) is 2.08. The zero-order chi connectivity index (χ0) is 11.8. The number of pyridine rings is 1. The summed E-state index contributed by atoms with van der Waals surface area (Å²) < 4.78 is 3.29. The van der Waals surface area contributed by atoms with Gasteiger partial charge < -0.3 is 0 Å². The molecule has 15 heavy (non-hydrogen) atoms. The van der Waals surface area contributed by atoms with Crippen LogP contribution in [0.5, 0.6) is 0 Å². The number of hydrogen-bond donors (Lipinski definition) is 0. The van der Waals surface area contributed by atoms with Gasteiger partial charge in [0.05, 0.1) is 0 Å². The summed E-state index contributed by atoms with van der Waals surface area (Å²) >= 11 is -2.05. The molecule has 1 rings (SSSR count). The third-order valence-corrected chi connectivity index (χ3v) is 8.37. The van der Waals surface area contributed by atoms with E-state index in [1.54, 1.807) is 0 Å². The van der Waals surface area contributed by atoms with Crippen LogP contribution < -0.4 is 9.14 Å². The molecule has 0 saturated carbocycles. The van der Waals surface area contributed by atoms with Crippen molar-refractivity contribution >= 4 is 22.0 Å². The first kappa shape index (κ1) is 12.8. The van der Waals surface area contributed by atoms with Crippen molar-refractivity contribution in [1.82, 2.24) is 4.57 Å². The topological polar surface area (TPSA) is 22.0 Å². The number of hydrogen-bond acceptors (Lipinski definition) is 1. The Kier molecular flexibility index (Phi) is 3.69. The third-order valence-electron chi connectivity index (χ3n) is 2.64. The molecule has 2 nitrogen and oxygen atoms in total. The summed E-state index contributed by atoms with van der Waals surface area (Å²) in [7, 11) is 0. The number of aromatic nitrogens is 1. The molecular formula is C12H21NOSn. The first-order valence-electron chi connectivity index (χ1n) is 5.46. The first-order chi connectivity index (χ1) is 6.73. The Morgan fingerprint density at radius 2 is 1.80 bits per heavy atom. The predicted octanol–water partition coefficient (Wildman–Crippen LogP) is 2.28. The maximum atomic E-state index is 11.9. The van der Waals surface area contributed by atoms with Gasteiger partial charge in [0.15, 0.2) is 0 Å². The summed E-state index contributed by atoms with van der Waals surface area (Å²) in [5.41, 5.74) is 1.04. The molecule has 0 aliphatic carbocycles. The second-order valence-corrected chi connectivity index (χ2v) is 20.0. The molecule has 0 bridgehead atoms. The molecule has 0 aliphatic heterocycles. The van der Waals surface area contributed by atoms with Crippen molar-refractivity contribution in [3.05, 3.63) is 28.2 Å². The first-order valence-corrected chi connectivity index (χ1v) is 15.5. The van der Waals surface area contributed by atoms with Crippen molar-refractivity contribution in [3.63, 3.8) is 0 Å². The van der Waals surface area contributed by atoms with Gasteiger partial charge in [-0.25, -0.2) is 0 Å². The molecule has 1 aromatic rings. The van der Waals surface area contributed by atoms with Gasteiger partial charge in [-0.15, -0.1) is 0 Å². The fourth-order valence-electron chi connectivity index (χ4n) is 1.54. The zero-order valence-electron chi connectivity index (χ0n) is 10.6. The minimum atomic E-state index is -2.05. The van der Waals surface area contributed by atoms with Crippen LogP contribution in [-0.2, 0) is 0 Å². The van der Waals surface area contributed by atoms with E-state index >= 15 is 0 Å². The second kappa shape index (κ2) is 4.32. The van der Waals surface area contributed by atoms with E-state index in [4.69, 9.17) is 0 Å². The molecule has 0 amide bonds. The Morgan fingerprint density at radius 3 is 2.20 bits per heavy atom. The normalized spacial score (nSPS) is 12.2. The van der Waals surface area contributed by atoms with E-state index in [0.717, 1.165) is 5.56 Å². The molecule has 3 heteroatoms. The van der Waals surface area contributed by atoms with Gasteiger partial charge in [0, 0.05) is 0 Å². The molecular weight excluding hydrogens is 293 g/mol. The molecule has 0 aromatic carbocycles. The number of aryl methyl sites for hydroxylation is 1. The van der Waals surface area contributed by atoms with Gasteiger partial charge in [-0.3, -0.25) is 0 Å². The quantitative estimate of drug-likeness (QED) is 0.768. The van der Waals surface area contributed by atoms with Crippen molar-refractivity contribution in [2.45, 2.75) is 41.6 Å². The third kappa shape index (κ3) is 2.86. The average Bonchev–Trinajstić information content (AvgIpc) is 2.06. The van der Waals surface area contributed by atoms with Crippen molar-refractivity contribution in [3.8, 4) is 0 Å². The van der Waals surface area contributed by atoms with Crippen LogP contribution in [0.25, 0.3) is 0 Å². The summed E-state index contributed by atoms with van der Waals surface area (Å²) in [6, 6.07) is 2.35. The van der Waals surface area contributed by atoms with Gasteiger partial charge in [0.25, 0.3) is 0 Å². The van der Waals surface area contributed by atoms with E-state index in [9.17, 15) is 4.79 Å².